The second-order valence-electron chi connectivity index (χ2n) is 4.01. The highest BCUT2D eigenvalue weighted by atomic mass is 79.9. The van der Waals surface area contributed by atoms with E-state index in [1.54, 1.807) is 12.1 Å². The molecule has 6 nitrogen and oxygen atoms in total. The molecule has 0 aliphatic carbocycles. The minimum absolute atomic E-state index is 0.0761. The van der Waals surface area contributed by atoms with Crippen LogP contribution in [0.1, 0.15) is 0 Å². The quantitative estimate of drug-likeness (QED) is 0.877. The molecular weight excluding hydrogens is 338 g/mol. The number of sulfonamides is 1. The van der Waals surface area contributed by atoms with E-state index < -0.39 is 22.1 Å². The maximum absolute atomic E-state index is 12.3. The normalized spacial score (nSPS) is 21.2. The van der Waals surface area contributed by atoms with Crippen LogP contribution in [0.15, 0.2) is 33.6 Å². The lowest BCUT2D eigenvalue weighted by molar-refractivity contribution is -0.153. The molecule has 0 aromatic heterocycles. The summed E-state index contributed by atoms with van der Waals surface area (Å²) in [6.07, 6.45) is -1.11. The van der Waals surface area contributed by atoms with Crippen molar-refractivity contribution in [3.63, 3.8) is 0 Å². The van der Waals surface area contributed by atoms with Crippen molar-refractivity contribution in [2.75, 3.05) is 19.7 Å². The third-order valence-corrected chi connectivity index (χ3v) is 5.16. The molecule has 0 spiro atoms. The van der Waals surface area contributed by atoms with Gasteiger partial charge in [0.25, 0.3) is 0 Å². The molecule has 1 aromatic rings. The molecule has 1 fully saturated rings. The Labute approximate surface area is 119 Å². The predicted molar refractivity (Wildman–Crippen MR) is 70.3 cm³/mol. The van der Waals surface area contributed by atoms with Crippen LogP contribution in [-0.2, 0) is 19.6 Å². The molecule has 1 aliphatic heterocycles. The molecule has 2 rings (SSSR count). The Morgan fingerprint density at radius 2 is 2.00 bits per heavy atom. The van der Waals surface area contributed by atoms with Gasteiger partial charge in [0.2, 0.25) is 10.0 Å². The van der Waals surface area contributed by atoms with Crippen molar-refractivity contribution < 1.29 is 23.1 Å². The van der Waals surface area contributed by atoms with Crippen LogP contribution in [0, 0.1) is 0 Å². The zero-order valence-corrected chi connectivity index (χ0v) is 12.2. The second kappa shape index (κ2) is 5.58. The van der Waals surface area contributed by atoms with Crippen molar-refractivity contribution in [1.29, 1.82) is 0 Å². The van der Waals surface area contributed by atoms with Gasteiger partial charge in [-0.1, -0.05) is 15.9 Å². The van der Waals surface area contributed by atoms with Crippen molar-refractivity contribution >= 4 is 31.9 Å². The Balaban J connectivity index is 2.24. The van der Waals surface area contributed by atoms with Crippen molar-refractivity contribution in [2.45, 2.75) is 11.0 Å². The number of benzene rings is 1. The lowest BCUT2D eigenvalue weighted by atomic mass is 10.3. The molecule has 0 amide bonds. The van der Waals surface area contributed by atoms with E-state index in [0.29, 0.717) is 0 Å². The smallest absolute Gasteiger partial charge is 0.334 e. The number of ether oxygens (including phenoxy) is 1. The fraction of sp³-hybridized carbons (Fsp3) is 0.364. The van der Waals surface area contributed by atoms with Crippen molar-refractivity contribution in [1.82, 2.24) is 4.31 Å². The van der Waals surface area contributed by atoms with Crippen molar-refractivity contribution in [3.8, 4) is 0 Å². The summed E-state index contributed by atoms with van der Waals surface area (Å²) >= 11 is 3.23. The van der Waals surface area contributed by atoms with Crippen LogP contribution >= 0.6 is 15.9 Å². The van der Waals surface area contributed by atoms with Gasteiger partial charge in [-0.15, -0.1) is 0 Å². The van der Waals surface area contributed by atoms with Gasteiger partial charge in [0.1, 0.15) is 0 Å². The molecule has 1 unspecified atom stereocenters. The minimum Gasteiger partial charge on any atom is -0.479 e. The number of rotatable bonds is 3. The van der Waals surface area contributed by atoms with E-state index in [1.807, 2.05) is 0 Å². The zero-order chi connectivity index (χ0) is 14.0. The molecule has 1 aliphatic rings. The molecule has 104 valence electrons. The topological polar surface area (TPSA) is 83.9 Å². The van der Waals surface area contributed by atoms with Gasteiger partial charge in [0, 0.05) is 11.0 Å². The van der Waals surface area contributed by atoms with E-state index >= 15 is 0 Å². The Kier molecular flexibility index (Phi) is 4.24. The average Bonchev–Trinajstić information content (AvgIpc) is 2.39. The molecule has 19 heavy (non-hydrogen) atoms. The first-order chi connectivity index (χ1) is 8.91. The van der Waals surface area contributed by atoms with E-state index in [4.69, 9.17) is 9.84 Å². The Bertz CT molecular complexity index is 571. The predicted octanol–water partition coefficient (Wildman–Crippen LogP) is 0.923. The van der Waals surface area contributed by atoms with Gasteiger partial charge in [0.05, 0.1) is 18.0 Å². The number of nitrogens with zero attached hydrogens (tertiary/aromatic N) is 1. The van der Waals surface area contributed by atoms with Gasteiger partial charge in [-0.25, -0.2) is 13.2 Å². The molecule has 8 heteroatoms. The largest absolute Gasteiger partial charge is 0.479 e. The molecule has 0 bridgehead atoms. The van der Waals surface area contributed by atoms with E-state index in [9.17, 15) is 13.2 Å². The average molecular weight is 350 g/mol. The van der Waals surface area contributed by atoms with Crippen LogP contribution in [0.2, 0.25) is 0 Å². The van der Waals surface area contributed by atoms with Crippen LogP contribution in [0.3, 0.4) is 0 Å². The number of carbonyl (C=O) groups is 1. The second-order valence-corrected chi connectivity index (χ2v) is 6.87. The first-order valence-electron chi connectivity index (χ1n) is 5.51. The standard InChI is InChI=1S/C11H12BrNO5S/c12-8-1-3-9(4-2-8)19(16,17)13-5-6-18-10(7-13)11(14)15/h1-4,10H,5-7H2,(H,14,15). The molecule has 1 saturated heterocycles. The summed E-state index contributed by atoms with van der Waals surface area (Å²) in [5, 5.41) is 8.88. The van der Waals surface area contributed by atoms with Gasteiger partial charge in [-0.05, 0) is 24.3 Å². The summed E-state index contributed by atoms with van der Waals surface area (Å²) < 4.78 is 31.6. The summed E-state index contributed by atoms with van der Waals surface area (Å²) in [5.74, 6) is -1.16. The number of halogens is 1. The van der Waals surface area contributed by atoms with Crippen molar-refractivity contribution in [2.24, 2.45) is 0 Å². The Morgan fingerprint density at radius 3 is 2.58 bits per heavy atom. The van der Waals surface area contributed by atoms with Crippen LogP contribution in [0.5, 0.6) is 0 Å². The lowest BCUT2D eigenvalue weighted by Crippen LogP contribution is -2.48. The maximum atomic E-state index is 12.3. The molecule has 1 atom stereocenters. The van der Waals surface area contributed by atoms with Gasteiger partial charge >= 0.3 is 5.97 Å². The highest BCUT2D eigenvalue weighted by Crippen LogP contribution is 2.20. The maximum Gasteiger partial charge on any atom is 0.334 e. The summed E-state index contributed by atoms with van der Waals surface area (Å²) in [6.45, 7) is 0.0582. The molecule has 1 aromatic carbocycles. The van der Waals surface area contributed by atoms with E-state index in [1.165, 1.54) is 12.1 Å². The molecule has 1 N–H and O–H groups in total. The van der Waals surface area contributed by atoms with Gasteiger partial charge in [0.15, 0.2) is 6.10 Å². The Hall–Kier alpha value is -0.960. The number of morpholine rings is 1. The van der Waals surface area contributed by atoms with Crippen LogP contribution < -0.4 is 0 Å². The zero-order valence-electron chi connectivity index (χ0n) is 9.82. The van der Waals surface area contributed by atoms with E-state index in [0.717, 1.165) is 8.78 Å². The summed E-state index contributed by atoms with van der Waals surface area (Å²) in [7, 11) is -3.68. The monoisotopic (exact) mass is 349 g/mol. The van der Waals surface area contributed by atoms with Crippen LogP contribution in [0.4, 0.5) is 0 Å². The highest BCUT2D eigenvalue weighted by Gasteiger charge is 2.33. The van der Waals surface area contributed by atoms with Gasteiger partial charge in [-0.3, -0.25) is 0 Å². The van der Waals surface area contributed by atoms with Crippen LogP contribution in [0.25, 0.3) is 0 Å². The first kappa shape index (κ1) is 14.4. The van der Waals surface area contributed by atoms with Crippen molar-refractivity contribution in [3.05, 3.63) is 28.7 Å². The Morgan fingerprint density at radius 1 is 1.37 bits per heavy atom. The number of carboxylic acids is 1. The minimum atomic E-state index is -3.68. The summed E-state index contributed by atoms with van der Waals surface area (Å²) in [6, 6.07) is 6.21. The van der Waals surface area contributed by atoms with Crippen LogP contribution in [-0.4, -0.2) is 49.6 Å². The highest BCUT2D eigenvalue weighted by molar-refractivity contribution is 9.10. The number of hydrogen-bond donors (Lipinski definition) is 1. The first-order valence-corrected chi connectivity index (χ1v) is 7.74. The fourth-order valence-electron chi connectivity index (χ4n) is 1.75. The number of carboxylic acid groups (broad SMARTS) is 1. The fourth-order valence-corrected chi connectivity index (χ4v) is 3.44. The van der Waals surface area contributed by atoms with Gasteiger partial charge < -0.3 is 9.84 Å². The number of hydrogen-bond acceptors (Lipinski definition) is 4. The van der Waals surface area contributed by atoms with E-state index in [-0.39, 0.29) is 24.6 Å². The molecule has 1 heterocycles. The lowest BCUT2D eigenvalue weighted by Gasteiger charge is -2.30. The summed E-state index contributed by atoms with van der Waals surface area (Å²) in [4.78, 5) is 11.0. The molecule has 0 radical (unpaired) electrons. The van der Waals surface area contributed by atoms with E-state index in [2.05, 4.69) is 15.9 Å². The third kappa shape index (κ3) is 3.14. The molecular formula is C11H12BrNO5S. The summed E-state index contributed by atoms with van der Waals surface area (Å²) in [5.41, 5.74) is 0. The van der Waals surface area contributed by atoms with Gasteiger partial charge in [-0.2, -0.15) is 4.31 Å². The third-order valence-electron chi connectivity index (χ3n) is 2.76. The number of aliphatic carboxylic acids is 1. The molecule has 0 saturated carbocycles. The SMILES string of the molecule is O=C(O)C1CN(S(=O)(=O)c2ccc(Br)cc2)CCO1.